The Morgan fingerprint density at radius 2 is 1.90 bits per heavy atom. The van der Waals surface area contributed by atoms with E-state index in [0.717, 1.165) is 0 Å². The Morgan fingerprint density at radius 1 is 1.33 bits per heavy atom. The Labute approximate surface area is 125 Å². The first-order chi connectivity index (χ1) is 9.77. The van der Waals surface area contributed by atoms with E-state index in [4.69, 9.17) is 11.1 Å². The topological polar surface area (TPSA) is 99.3 Å². The van der Waals surface area contributed by atoms with E-state index in [0.29, 0.717) is 31.5 Å². The molecule has 1 aromatic carbocycles. The molecule has 6 nitrogen and oxygen atoms in total. The zero-order valence-corrected chi connectivity index (χ0v) is 13.2. The van der Waals surface area contributed by atoms with E-state index < -0.39 is 15.6 Å². The largest absolute Gasteiger partial charge is 0.386 e. The van der Waals surface area contributed by atoms with E-state index in [-0.39, 0.29) is 10.7 Å². The molecule has 0 spiro atoms. The Kier molecular flexibility index (Phi) is 4.36. The maximum atomic E-state index is 12.6. The minimum absolute atomic E-state index is 0.118. The molecule has 2 rings (SSSR count). The van der Waals surface area contributed by atoms with Gasteiger partial charge in [0.25, 0.3) is 0 Å². The number of nitrogens with zero attached hydrogens (tertiary/aromatic N) is 1. The van der Waals surface area contributed by atoms with Gasteiger partial charge in [-0.05, 0) is 38.4 Å². The summed E-state index contributed by atoms with van der Waals surface area (Å²) in [5, 5.41) is 7.83. The lowest BCUT2D eigenvalue weighted by Crippen LogP contribution is -2.61. The van der Waals surface area contributed by atoms with Crippen LogP contribution >= 0.6 is 0 Å². The van der Waals surface area contributed by atoms with Gasteiger partial charge in [-0.15, -0.1) is 0 Å². The van der Waals surface area contributed by atoms with Gasteiger partial charge in [0.2, 0.25) is 10.0 Å². The van der Waals surface area contributed by atoms with Crippen molar-refractivity contribution < 1.29 is 8.42 Å². The summed E-state index contributed by atoms with van der Waals surface area (Å²) in [5.74, 6) is -0.118. The van der Waals surface area contributed by atoms with Gasteiger partial charge in [0.1, 0.15) is 5.84 Å². The molecule has 0 unspecified atom stereocenters. The second kappa shape index (κ2) is 5.75. The first kappa shape index (κ1) is 15.9. The molecule has 1 aliphatic rings. The highest BCUT2D eigenvalue weighted by Crippen LogP contribution is 2.25. The fraction of sp³-hybridized carbons (Fsp3) is 0.500. The highest BCUT2D eigenvalue weighted by atomic mass is 32.2. The molecular weight excluding hydrogens is 288 g/mol. The van der Waals surface area contributed by atoms with Crippen LogP contribution in [-0.2, 0) is 10.0 Å². The molecule has 7 heteroatoms. The second-order valence-electron chi connectivity index (χ2n) is 5.67. The predicted octanol–water partition coefficient (Wildman–Crippen LogP) is 0.674. The van der Waals surface area contributed by atoms with E-state index in [1.54, 1.807) is 31.2 Å². The number of sulfonamides is 1. The normalized spacial score (nSPS) is 19.3. The molecule has 0 bridgehead atoms. The van der Waals surface area contributed by atoms with Crippen LogP contribution in [0.15, 0.2) is 29.2 Å². The minimum Gasteiger partial charge on any atom is -0.386 e. The molecule has 21 heavy (non-hydrogen) atoms. The van der Waals surface area contributed by atoms with E-state index in [9.17, 15) is 8.42 Å². The monoisotopic (exact) mass is 310 g/mol. The first-order valence-electron chi connectivity index (χ1n) is 6.89. The van der Waals surface area contributed by atoms with E-state index >= 15 is 0 Å². The van der Waals surface area contributed by atoms with Gasteiger partial charge in [0, 0.05) is 13.1 Å². The summed E-state index contributed by atoms with van der Waals surface area (Å²) in [6.45, 7) is 3.16. The molecule has 116 valence electrons. The fourth-order valence-electron chi connectivity index (χ4n) is 2.60. The van der Waals surface area contributed by atoms with Crippen molar-refractivity contribution in [3.05, 3.63) is 29.8 Å². The smallest absolute Gasteiger partial charge is 0.241 e. The number of amidine groups is 1. The van der Waals surface area contributed by atoms with Crippen molar-refractivity contribution in [2.24, 2.45) is 5.73 Å². The number of hydrogen-bond acceptors (Lipinski definition) is 4. The third-order valence-electron chi connectivity index (χ3n) is 4.07. The zero-order valence-electron chi connectivity index (χ0n) is 12.4. The number of aryl methyl sites for hydroxylation is 1. The van der Waals surface area contributed by atoms with Crippen LogP contribution in [0.4, 0.5) is 0 Å². The molecule has 4 N–H and O–H groups in total. The molecule has 1 heterocycles. The lowest BCUT2D eigenvalue weighted by atomic mass is 9.88. The number of benzene rings is 1. The van der Waals surface area contributed by atoms with Crippen LogP contribution < -0.4 is 10.5 Å². The lowest BCUT2D eigenvalue weighted by molar-refractivity contribution is 0.218. The first-order valence-corrected chi connectivity index (χ1v) is 8.38. The molecule has 0 amide bonds. The Hall–Kier alpha value is -1.44. The fourth-order valence-corrected chi connectivity index (χ4v) is 4.28. The van der Waals surface area contributed by atoms with Gasteiger partial charge in [-0.2, -0.15) is 4.72 Å². The Bertz CT molecular complexity index is 634. The summed E-state index contributed by atoms with van der Waals surface area (Å²) in [4.78, 5) is 2.34. The van der Waals surface area contributed by atoms with Crippen LogP contribution in [0.1, 0.15) is 18.4 Å². The molecule has 0 radical (unpaired) electrons. The SMILES string of the molecule is Cc1ccccc1S(=O)(=O)NC1(C(=N)N)CCN(C)CC1. The van der Waals surface area contributed by atoms with Gasteiger partial charge in [0.05, 0.1) is 10.4 Å². The molecule has 1 aliphatic heterocycles. The Morgan fingerprint density at radius 3 is 2.43 bits per heavy atom. The van der Waals surface area contributed by atoms with Crippen LogP contribution in [0, 0.1) is 12.3 Å². The van der Waals surface area contributed by atoms with Gasteiger partial charge >= 0.3 is 0 Å². The van der Waals surface area contributed by atoms with Crippen molar-refractivity contribution in [2.75, 3.05) is 20.1 Å². The molecule has 1 aromatic rings. The number of hydrogen-bond donors (Lipinski definition) is 3. The third-order valence-corrected chi connectivity index (χ3v) is 5.77. The van der Waals surface area contributed by atoms with Crippen LogP contribution in [0.3, 0.4) is 0 Å². The van der Waals surface area contributed by atoms with Gasteiger partial charge in [0.15, 0.2) is 0 Å². The van der Waals surface area contributed by atoms with Gasteiger partial charge < -0.3 is 10.6 Å². The van der Waals surface area contributed by atoms with Crippen LogP contribution in [-0.4, -0.2) is 44.8 Å². The third kappa shape index (κ3) is 3.25. The molecular formula is C14H22N4O2S. The summed E-state index contributed by atoms with van der Waals surface area (Å²) < 4.78 is 28.0. The summed E-state index contributed by atoms with van der Waals surface area (Å²) >= 11 is 0. The number of nitrogens with two attached hydrogens (primary N) is 1. The summed E-state index contributed by atoms with van der Waals surface area (Å²) in [6, 6.07) is 6.81. The molecule has 0 aromatic heterocycles. The van der Waals surface area contributed by atoms with E-state index in [1.807, 2.05) is 7.05 Å². The van der Waals surface area contributed by atoms with Crippen molar-refractivity contribution in [3.63, 3.8) is 0 Å². The summed E-state index contributed by atoms with van der Waals surface area (Å²) in [7, 11) is -1.73. The van der Waals surface area contributed by atoms with Crippen molar-refractivity contribution in [1.29, 1.82) is 5.41 Å². The standard InChI is InChI=1S/C14H22N4O2S/c1-11-5-3-4-6-12(11)21(19,20)17-14(13(15)16)7-9-18(2)10-8-14/h3-6,17H,7-10H2,1-2H3,(H3,15,16). The Balaban J connectivity index is 2.33. The lowest BCUT2D eigenvalue weighted by Gasteiger charge is -2.40. The maximum absolute atomic E-state index is 12.6. The highest BCUT2D eigenvalue weighted by Gasteiger charge is 2.40. The number of rotatable bonds is 4. The second-order valence-corrected chi connectivity index (χ2v) is 7.32. The number of likely N-dealkylation sites (tertiary alicyclic amines) is 1. The van der Waals surface area contributed by atoms with Crippen molar-refractivity contribution in [3.8, 4) is 0 Å². The maximum Gasteiger partial charge on any atom is 0.241 e. The van der Waals surface area contributed by atoms with Gasteiger partial charge in [-0.3, -0.25) is 5.41 Å². The average molecular weight is 310 g/mol. The summed E-state index contributed by atoms with van der Waals surface area (Å²) in [5.41, 5.74) is 5.41. The number of nitrogens with one attached hydrogen (secondary N) is 2. The van der Waals surface area contributed by atoms with E-state index in [2.05, 4.69) is 9.62 Å². The highest BCUT2D eigenvalue weighted by molar-refractivity contribution is 7.89. The van der Waals surface area contributed by atoms with Crippen LogP contribution in [0.25, 0.3) is 0 Å². The summed E-state index contributed by atoms with van der Waals surface area (Å²) in [6.07, 6.45) is 1.01. The van der Waals surface area contributed by atoms with Crippen molar-refractivity contribution >= 4 is 15.9 Å². The molecule has 0 atom stereocenters. The average Bonchev–Trinajstić information content (AvgIpc) is 2.41. The predicted molar refractivity (Wildman–Crippen MR) is 82.9 cm³/mol. The van der Waals surface area contributed by atoms with Crippen molar-refractivity contribution in [2.45, 2.75) is 30.2 Å². The van der Waals surface area contributed by atoms with Crippen LogP contribution in [0.2, 0.25) is 0 Å². The van der Waals surface area contributed by atoms with E-state index in [1.165, 1.54) is 0 Å². The van der Waals surface area contributed by atoms with Crippen molar-refractivity contribution in [1.82, 2.24) is 9.62 Å². The minimum atomic E-state index is -3.70. The zero-order chi connectivity index (χ0) is 15.7. The quantitative estimate of drug-likeness (QED) is 0.562. The van der Waals surface area contributed by atoms with Gasteiger partial charge in [-0.1, -0.05) is 18.2 Å². The molecule has 0 saturated carbocycles. The van der Waals surface area contributed by atoms with Crippen LogP contribution in [0.5, 0.6) is 0 Å². The van der Waals surface area contributed by atoms with Gasteiger partial charge in [-0.25, -0.2) is 8.42 Å². The molecule has 0 aliphatic carbocycles. The molecule has 1 saturated heterocycles. The molecule has 1 fully saturated rings. The number of piperidine rings is 1.